The molecule has 2 aromatic rings. The minimum Gasteiger partial charge on any atom is -0.325 e. The van der Waals surface area contributed by atoms with E-state index in [1.807, 2.05) is 0 Å². The Kier molecular flexibility index (Phi) is 5.74. The lowest BCUT2D eigenvalue weighted by molar-refractivity contribution is -0.120. The summed E-state index contributed by atoms with van der Waals surface area (Å²) >= 11 is 3.28. The minimum absolute atomic E-state index is 0.145. The predicted octanol–water partition coefficient (Wildman–Crippen LogP) is 3.77. The highest BCUT2D eigenvalue weighted by Gasteiger charge is 2.37. The molecule has 0 aliphatic carbocycles. The molecule has 3 rings (SSSR count). The summed E-state index contributed by atoms with van der Waals surface area (Å²) in [5.41, 5.74) is 0.307. The third kappa shape index (κ3) is 4.13. The van der Waals surface area contributed by atoms with E-state index in [1.165, 1.54) is 34.6 Å². The number of hydrogen-bond acceptors (Lipinski definition) is 3. The monoisotopic (exact) mass is 440 g/mol. The Morgan fingerprint density at radius 3 is 2.58 bits per heavy atom. The molecule has 2 aromatic carbocycles. The molecular formula is C18H18BrFN2O3S. The number of amides is 1. The number of nitrogens with zero attached hydrogens (tertiary/aromatic N) is 1. The Hall–Kier alpha value is -1.77. The van der Waals surface area contributed by atoms with Crippen LogP contribution in [0.3, 0.4) is 0 Å². The van der Waals surface area contributed by atoms with Crippen LogP contribution in [0.2, 0.25) is 0 Å². The number of anilines is 1. The Morgan fingerprint density at radius 2 is 1.88 bits per heavy atom. The Balaban J connectivity index is 1.85. The van der Waals surface area contributed by atoms with Gasteiger partial charge < -0.3 is 5.32 Å². The van der Waals surface area contributed by atoms with Crippen LogP contribution in [-0.4, -0.2) is 31.2 Å². The summed E-state index contributed by atoms with van der Waals surface area (Å²) in [5.74, 6) is -0.915. The van der Waals surface area contributed by atoms with Crippen LogP contribution in [-0.2, 0) is 14.8 Å². The highest BCUT2D eigenvalue weighted by atomic mass is 79.9. The number of sulfonamides is 1. The van der Waals surface area contributed by atoms with Gasteiger partial charge in [0.1, 0.15) is 11.9 Å². The molecule has 1 atom stereocenters. The quantitative estimate of drug-likeness (QED) is 0.786. The number of carbonyl (C=O) groups excluding carboxylic acids is 1. The zero-order valence-electron chi connectivity index (χ0n) is 13.9. The molecule has 1 N–H and O–H groups in total. The van der Waals surface area contributed by atoms with E-state index in [4.69, 9.17) is 0 Å². The number of benzene rings is 2. The van der Waals surface area contributed by atoms with E-state index >= 15 is 0 Å². The van der Waals surface area contributed by atoms with E-state index < -0.39 is 27.8 Å². The van der Waals surface area contributed by atoms with Crippen molar-refractivity contribution in [3.63, 3.8) is 0 Å². The molecule has 8 heteroatoms. The van der Waals surface area contributed by atoms with Crippen LogP contribution >= 0.6 is 15.9 Å². The molecule has 0 spiro atoms. The molecule has 138 valence electrons. The summed E-state index contributed by atoms with van der Waals surface area (Å²) in [5, 5.41) is 2.62. The van der Waals surface area contributed by atoms with Gasteiger partial charge in [0.15, 0.2) is 0 Å². The van der Waals surface area contributed by atoms with Gasteiger partial charge in [0, 0.05) is 16.7 Å². The molecule has 26 heavy (non-hydrogen) atoms. The Labute approximate surface area is 160 Å². The van der Waals surface area contributed by atoms with Gasteiger partial charge in [-0.1, -0.05) is 28.4 Å². The molecule has 1 aliphatic rings. The highest BCUT2D eigenvalue weighted by molar-refractivity contribution is 9.10. The largest absolute Gasteiger partial charge is 0.325 e. The van der Waals surface area contributed by atoms with Crippen LogP contribution in [0, 0.1) is 5.82 Å². The molecule has 1 fully saturated rings. The van der Waals surface area contributed by atoms with E-state index in [2.05, 4.69) is 21.2 Å². The first-order valence-electron chi connectivity index (χ1n) is 8.22. The molecule has 1 aliphatic heterocycles. The molecule has 0 aromatic heterocycles. The summed E-state index contributed by atoms with van der Waals surface area (Å²) in [7, 11) is -3.80. The first-order valence-corrected chi connectivity index (χ1v) is 10.4. The average molecular weight is 441 g/mol. The number of hydrogen-bond donors (Lipinski definition) is 1. The van der Waals surface area contributed by atoms with Gasteiger partial charge in [-0.25, -0.2) is 12.8 Å². The maximum Gasteiger partial charge on any atom is 0.243 e. The van der Waals surface area contributed by atoms with Crippen molar-refractivity contribution in [3.05, 3.63) is 58.8 Å². The molecule has 0 unspecified atom stereocenters. The van der Waals surface area contributed by atoms with Crippen LogP contribution in [0.4, 0.5) is 10.1 Å². The number of carbonyl (C=O) groups is 1. The second-order valence-electron chi connectivity index (χ2n) is 6.08. The zero-order chi connectivity index (χ0) is 18.7. The molecule has 1 amide bonds. The standard InChI is InChI=1S/C18H18BrFN2O3S/c19-13-7-9-16(10-8-13)26(24,25)22-11-2-1-6-17(22)18(23)21-15-5-3-4-14(20)12-15/h3-5,7-10,12,17H,1-2,6,11H2,(H,21,23)/t17-/m1/s1. The Bertz CT molecular complexity index is 903. The van der Waals surface area contributed by atoms with Crippen molar-refractivity contribution in [1.29, 1.82) is 0 Å². The molecule has 1 heterocycles. The normalized spacial score (nSPS) is 18.5. The summed E-state index contributed by atoms with van der Waals surface area (Å²) in [4.78, 5) is 12.8. The van der Waals surface area contributed by atoms with Crippen molar-refractivity contribution in [2.45, 2.75) is 30.2 Å². The molecule has 0 radical (unpaired) electrons. The number of nitrogens with one attached hydrogen (secondary N) is 1. The smallest absolute Gasteiger partial charge is 0.243 e. The van der Waals surface area contributed by atoms with Crippen LogP contribution in [0.15, 0.2) is 57.9 Å². The summed E-state index contributed by atoms with van der Waals surface area (Å²) in [6.45, 7) is 0.277. The molecule has 0 saturated carbocycles. The van der Waals surface area contributed by atoms with E-state index in [0.717, 1.165) is 10.9 Å². The second kappa shape index (κ2) is 7.85. The summed E-state index contributed by atoms with van der Waals surface area (Å²) in [6, 6.07) is 11.0. The first kappa shape index (κ1) is 19.0. The fourth-order valence-corrected chi connectivity index (χ4v) is 4.91. The zero-order valence-corrected chi connectivity index (χ0v) is 16.3. The fraction of sp³-hybridized carbons (Fsp3) is 0.278. The maximum absolute atomic E-state index is 13.3. The SMILES string of the molecule is O=C(Nc1cccc(F)c1)[C@H]1CCCCN1S(=O)(=O)c1ccc(Br)cc1. The van der Waals surface area contributed by atoms with Crippen LogP contribution < -0.4 is 5.32 Å². The van der Waals surface area contributed by atoms with Crippen molar-refractivity contribution in [2.75, 3.05) is 11.9 Å². The topological polar surface area (TPSA) is 66.5 Å². The Morgan fingerprint density at radius 1 is 1.15 bits per heavy atom. The van der Waals surface area contributed by atoms with Crippen molar-refractivity contribution in [3.8, 4) is 0 Å². The van der Waals surface area contributed by atoms with E-state index in [-0.39, 0.29) is 11.4 Å². The van der Waals surface area contributed by atoms with Gasteiger partial charge in [-0.3, -0.25) is 4.79 Å². The van der Waals surface area contributed by atoms with Gasteiger partial charge in [0.05, 0.1) is 4.90 Å². The predicted molar refractivity (Wildman–Crippen MR) is 101 cm³/mol. The number of piperidine rings is 1. The van der Waals surface area contributed by atoms with Crippen molar-refractivity contribution >= 4 is 37.5 Å². The molecule has 1 saturated heterocycles. The fourth-order valence-electron chi connectivity index (χ4n) is 2.99. The molecular weight excluding hydrogens is 423 g/mol. The average Bonchev–Trinajstić information content (AvgIpc) is 2.62. The van der Waals surface area contributed by atoms with Crippen LogP contribution in [0.1, 0.15) is 19.3 Å². The number of rotatable bonds is 4. The van der Waals surface area contributed by atoms with Crippen LogP contribution in [0.25, 0.3) is 0 Å². The third-order valence-corrected chi connectivity index (χ3v) is 6.72. The first-order chi connectivity index (χ1) is 12.4. The van der Waals surface area contributed by atoms with E-state index in [9.17, 15) is 17.6 Å². The lowest BCUT2D eigenvalue weighted by atomic mass is 10.0. The lowest BCUT2D eigenvalue weighted by Gasteiger charge is -2.33. The summed E-state index contributed by atoms with van der Waals surface area (Å²) in [6.07, 6.45) is 1.88. The van der Waals surface area contributed by atoms with Gasteiger partial charge in [0.25, 0.3) is 0 Å². The maximum atomic E-state index is 13.3. The van der Waals surface area contributed by atoms with Gasteiger partial charge in [-0.15, -0.1) is 0 Å². The van der Waals surface area contributed by atoms with E-state index in [0.29, 0.717) is 18.5 Å². The second-order valence-corrected chi connectivity index (χ2v) is 8.89. The molecule has 5 nitrogen and oxygen atoms in total. The van der Waals surface area contributed by atoms with Gasteiger partial charge in [-0.2, -0.15) is 4.31 Å². The lowest BCUT2D eigenvalue weighted by Crippen LogP contribution is -2.49. The third-order valence-electron chi connectivity index (χ3n) is 4.27. The highest BCUT2D eigenvalue weighted by Crippen LogP contribution is 2.27. The van der Waals surface area contributed by atoms with Gasteiger partial charge >= 0.3 is 0 Å². The van der Waals surface area contributed by atoms with Gasteiger partial charge in [-0.05, 0) is 55.3 Å². The summed E-state index contributed by atoms with van der Waals surface area (Å²) < 4.78 is 41.3. The van der Waals surface area contributed by atoms with Gasteiger partial charge in [0.2, 0.25) is 15.9 Å². The van der Waals surface area contributed by atoms with E-state index in [1.54, 1.807) is 18.2 Å². The minimum atomic E-state index is -3.80. The van der Waals surface area contributed by atoms with Crippen molar-refractivity contribution in [2.24, 2.45) is 0 Å². The van der Waals surface area contributed by atoms with Crippen molar-refractivity contribution < 1.29 is 17.6 Å². The number of halogens is 2. The molecule has 0 bridgehead atoms. The van der Waals surface area contributed by atoms with Crippen LogP contribution in [0.5, 0.6) is 0 Å². The van der Waals surface area contributed by atoms with Crippen molar-refractivity contribution in [1.82, 2.24) is 4.31 Å².